The molecule has 1 saturated heterocycles. The normalized spacial score (nSPS) is 32.6. The lowest BCUT2D eigenvalue weighted by atomic mass is 9.79. The van der Waals surface area contributed by atoms with E-state index in [-0.39, 0.29) is 24.7 Å². The van der Waals surface area contributed by atoms with E-state index in [1.54, 1.807) is 4.90 Å². The van der Waals surface area contributed by atoms with E-state index in [0.717, 1.165) is 57.1 Å². The van der Waals surface area contributed by atoms with Gasteiger partial charge in [-0.15, -0.1) is 0 Å². The highest BCUT2D eigenvalue weighted by atomic mass is 16.6. The molecule has 0 spiro atoms. The Morgan fingerprint density at radius 3 is 2.84 bits per heavy atom. The van der Waals surface area contributed by atoms with Crippen molar-refractivity contribution >= 4 is 11.9 Å². The van der Waals surface area contributed by atoms with E-state index in [9.17, 15) is 14.7 Å². The quantitative estimate of drug-likeness (QED) is 0.664. The summed E-state index contributed by atoms with van der Waals surface area (Å²) in [7, 11) is 0. The SMILES string of the molecule is CC1CC=CC(C2=CC3=C(CC2)N2C(=O)OC(CO)C2C3)=CC=C1CC1CCCCC1=O. The van der Waals surface area contributed by atoms with Crippen LogP contribution in [0, 0.1) is 11.8 Å². The van der Waals surface area contributed by atoms with E-state index in [1.807, 2.05) is 0 Å². The van der Waals surface area contributed by atoms with Crippen LogP contribution in [0.15, 0.2) is 58.4 Å². The number of Topliss-reactive ketones (excluding diaryl/α,β-unsaturated/α-hetero) is 1. The number of aliphatic hydroxyl groups is 1. The third-order valence-electron chi connectivity index (χ3n) is 7.89. The van der Waals surface area contributed by atoms with Crippen molar-refractivity contribution in [2.75, 3.05) is 6.61 Å². The lowest BCUT2D eigenvalue weighted by molar-refractivity contribution is -0.124. The number of cyclic esters (lactones) is 1. The van der Waals surface area contributed by atoms with Gasteiger partial charge in [-0.3, -0.25) is 9.69 Å². The van der Waals surface area contributed by atoms with E-state index in [1.165, 1.54) is 28.7 Å². The molecule has 2 aliphatic heterocycles. The number of aliphatic hydroxyl groups excluding tert-OH is 1. The zero-order chi connectivity index (χ0) is 22.2. The minimum atomic E-state index is -0.431. The number of fused-ring (bicyclic) bond motifs is 2. The summed E-state index contributed by atoms with van der Waals surface area (Å²) in [5.41, 5.74) is 6.18. The van der Waals surface area contributed by atoms with Crippen LogP contribution < -0.4 is 0 Å². The zero-order valence-electron chi connectivity index (χ0n) is 18.9. The largest absolute Gasteiger partial charge is 0.441 e. The summed E-state index contributed by atoms with van der Waals surface area (Å²) in [5.74, 6) is 1.10. The minimum absolute atomic E-state index is 0.0738. The fourth-order valence-electron chi connectivity index (χ4n) is 5.95. The van der Waals surface area contributed by atoms with Gasteiger partial charge in [0.15, 0.2) is 0 Å². The Hall–Kier alpha value is -2.40. The molecule has 5 rings (SSSR count). The number of allylic oxidation sites excluding steroid dienone is 9. The Morgan fingerprint density at radius 1 is 1.16 bits per heavy atom. The van der Waals surface area contributed by atoms with E-state index in [0.29, 0.717) is 11.7 Å². The number of nitrogens with zero attached hydrogens (tertiary/aromatic N) is 1. The smallest absolute Gasteiger partial charge is 0.414 e. The molecule has 5 aliphatic rings. The van der Waals surface area contributed by atoms with Gasteiger partial charge < -0.3 is 9.84 Å². The third kappa shape index (κ3) is 3.92. The van der Waals surface area contributed by atoms with Gasteiger partial charge in [0.1, 0.15) is 11.9 Å². The van der Waals surface area contributed by atoms with Crippen LogP contribution in [0.2, 0.25) is 0 Å². The Labute approximate surface area is 190 Å². The summed E-state index contributed by atoms with van der Waals surface area (Å²) in [4.78, 5) is 26.4. The van der Waals surface area contributed by atoms with Gasteiger partial charge in [-0.1, -0.05) is 49.3 Å². The van der Waals surface area contributed by atoms with Crippen molar-refractivity contribution in [3.8, 4) is 0 Å². The predicted molar refractivity (Wildman–Crippen MR) is 123 cm³/mol. The fourth-order valence-corrected chi connectivity index (χ4v) is 5.95. The molecule has 2 fully saturated rings. The summed E-state index contributed by atoms with van der Waals surface area (Å²) in [6.07, 6.45) is 18.8. The van der Waals surface area contributed by atoms with Crippen LogP contribution in [-0.4, -0.2) is 40.6 Å². The molecule has 0 bridgehead atoms. The van der Waals surface area contributed by atoms with Gasteiger partial charge in [-0.25, -0.2) is 4.79 Å². The molecule has 4 atom stereocenters. The molecule has 5 heteroatoms. The van der Waals surface area contributed by atoms with Crippen LogP contribution in [0.1, 0.15) is 64.7 Å². The van der Waals surface area contributed by atoms with Crippen LogP contribution >= 0.6 is 0 Å². The van der Waals surface area contributed by atoms with Gasteiger partial charge in [0, 0.05) is 18.0 Å². The summed E-state index contributed by atoms with van der Waals surface area (Å²) < 4.78 is 5.32. The number of carbonyl (C=O) groups excluding carboxylic acids is 2. The predicted octanol–water partition coefficient (Wildman–Crippen LogP) is 5.14. The molecule has 1 saturated carbocycles. The van der Waals surface area contributed by atoms with Crippen molar-refractivity contribution in [1.82, 2.24) is 4.90 Å². The Morgan fingerprint density at radius 2 is 2.03 bits per heavy atom. The van der Waals surface area contributed by atoms with E-state index in [4.69, 9.17) is 4.74 Å². The first-order chi connectivity index (χ1) is 15.5. The van der Waals surface area contributed by atoms with Crippen molar-refractivity contribution in [2.24, 2.45) is 11.8 Å². The van der Waals surface area contributed by atoms with Crippen molar-refractivity contribution in [2.45, 2.75) is 76.9 Å². The number of ketones is 1. The first-order valence-electron chi connectivity index (χ1n) is 12.2. The molecule has 2 heterocycles. The zero-order valence-corrected chi connectivity index (χ0v) is 18.9. The highest BCUT2D eigenvalue weighted by Crippen LogP contribution is 2.44. The second-order valence-electron chi connectivity index (χ2n) is 9.90. The first kappa shape index (κ1) is 21.4. The Balaban J connectivity index is 1.38. The van der Waals surface area contributed by atoms with Gasteiger partial charge >= 0.3 is 6.09 Å². The maximum atomic E-state index is 12.4. The number of hydrogen-bond acceptors (Lipinski definition) is 4. The number of rotatable bonds is 4. The number of carbonyl (C=O) groups is 2. The molecule has 0 radical (unpaired) electrons. The summed E-state index contributed by atoms with van der Waals surface area (Å²) in [6, 6.07) is -0.0738. The summed E-state index contributed by atoms with van der Waals surface area (Å²) >= 11 is 0. The van der Waals surface area contributed by atoms with Crippen molar-refractivity contribution in [3.05, 3.63) is 58.4 Å². The molecule has 0 aromatic carbocycles. The molecular formula is C27H33NO4. The molecular weight excluding hydrogens is 402 g/mol. The van der Waals surface area contributed by atoms with Gasteiger partial charge in [-0.05, 0) is 67.6 Å². The summed E-state index contributed by atoms with van der Waals surface area (Å²) in [6.45, 7) is 2.13. The second kappa shape index (κ2) is 8.86. The summed E-state index contributed by atoms with van der Waals surface area (Å²) in [5, 5.41) is 9.57. The molecule has 32 heavy (non-hydrogen) atoms. The van der Waals surface area contributed by atoms with Crippen LogP contribution in [-0.2, 0) is 9.53 Å². The molecule has 1 N–H and O–H groups in total. The van der Waals surface area contributed by atoms with Crippen LogP contribution in [0.25, 0.3) is 0 Å². The monoisotopic (exact) mass is 435 g/mol. The Bertz CT molecular complexity index is 966. The minimum Gasteiger partial charge on any atom is -0.441 e. The lowest BCUT2D eigenvalue weighted by Gasteiger charge is -2.25. The number of ether oxygens (including phenoxy) is 1. The van der Waals surface area contributed by atoms with Gasteiger partial charge in [0.2, 0.25) is 0 Å². The average Bonchev–Trinajstić information content (AvgIpc) is 3.31. The first-order valence-corrected chi connectivity index (χ1v) is 12.2. The van der Waals surface area contributed by atoms with E-state index >= 15 is 0 Å². The van der Waals surface area contributed by atoms with E-state index < -0.39 is 6.10 Å². The van der Waals surface area contributed by atoms with Crippen molar-refractivity contribution in [3.63, 3.8) is 0 Å². The molecule has 5 nitrogen and oxygen atoms in total. The fraction of sp³-hybridized carbons (Fsp3) is 0.556. The van der Waals surface area contributed by atoms with Gasteiger partial charge in [0.25, 0.3) is 0 Å². The molecule has 3 aliphatic carbocycles. The van der Waals surface area contributed by atoms with Crippen LogP contribution in [0.4, 0.5) is 4.79 Å². The number of amides is 1. The molecule has 0 aromatic heterocycles. The van der Waals surface area contributed by atoms with Gasteiger partial charge in [0.05, 0.1) is 12.6 Å². The lowest BCUT2D eigenvalue weighted by Crippen LogP contribution is -2.33. The van der Waals surface area contributed by atoms with Gasteiger partial charge in [-0.2, -0.15) is 0 Å². The topological polar surface area (TPSA) is 66.8 Å². The van der Waals surface area contributed by atoms with Crippen molar-refractivity contribution < 1.29 is 19.4 Å². The van der Waals surface area contributed by atoms with Crippen LogP contribution in [0.5, 0.6) is 0 Å². The molecule has 1 amide bonds. The standard InChI is InChI=1S/C27H33NO4/c1-17-5-4-7-18(9-10-19(17)13-21-6-2-3-8-25(21)30)20-11-12-23-22(14-20)15-24-26(16-29)32-27(31)28(23)24/h4,7,9-10,14,17,21,24,26,29H,2-3,5-6,8,11-13,15-16H2,1H3. The maximum Gasteiger partial charge on any atom is 0.414 e. The third-order valence-corrected chi connectivity index (χ3v) is 7.89. The van der Waals surface area contributed by atoms with E-state index in [2.05, 4.69) is 37.3 Å². The second-order valence-corrected chi connectivity index (χ2v) is 9.90. The average molecular weight is 436 g/mol. The molecule has 0 aromatic rings. The highest BCUT2D eigenvalue weighted by Gasteiger charge is 2.48. The van der Waals surface area contributed by atoms with Crippen molar-refractivity contribution in [1.29, 1.82) is 0 Å². The number of hydrogen-bond donors (Lipinski definition) is 1. The highest BCUT2D eigenvalue weighted by molar-refractivity contribution is 5.82. The Kier molecular flexibility index (Phi) is 5.93. The maximum absolute atomic E-state index is 12.4. The van der Waals surface area contributed by atoms with Crippen LogP contribution in [0.3, 0.4) is 0 Å². The molecule has 4 unspecified atom stereocenters. The molecule has 170 valence electrons.